The molecule has 0 aliphatic carbocycles. The molecule has 0 spiro atoms. The lowest BCUT2D eigenvalue weighted by Gasteiger charge is -2.25. The molecule has 11 heteroatoms. The van der Waals surface area contributed by atoms with E-state index in [1.165, 1.54) is 31.4 Å². The molecule has 2 heterocycles. The molecule has 0 saturated heterocycles. The molecule has 182 valence electrons. The summed E-state index contributed by atoms with van der Waals surface area (Å²) >= 11 is 0.852. The number of esters is 1. The summed E-state index contributed by atoms with van der Waals surface area (Å²) in [6.45, 7) is 0. The molecule has 0 saturated carbocycles. The number of ether oxygens (including phenoxy) is 2. The van der Waals surface area contributed by atoms with Crippen molar-refractivity contribution in [2.75, 3.05) is 19.5 Å². The fourth-order valence-electron chi connectivity index (χ4n) is 3.82. The van der Waals surface area contributed by atoms with Crippen LogP contribution in [0.3, 0.4) is 0 Å². The van der Waals surface area contributed by atoms with Crippen LogP contribution in [0.2, 0.25) is 0 Å². The van der Waals surface area contributed by atoms with Gasteiger partial charge in [0.25, 0.3) is 11.5 Å². The minimum Gasteiger partial charge on any atom is -0.497 e. The van der Waals surface area contributed by atoms with Crippen LogP contribution in [0.5, 0.6) is 5.75 Å². The maximum absolute atomic E-state index is 13.7. The summed E-state index contributed by atoms with van der Waals surface area (Å²) in [5, 5.41) is 12.8. The number of allylic oxidation sites excluding steroid dienone is 1. The second kappa shape index (κ2) is 9.89. The monoisotopic (exact) mass is 506 g/mol. The molecular weight excluding hydrogens is 487 g/mol. The van der Waals surface area contributed by atoms with E-state index < -0.39 is 29.2 Å². The Balaban J connectivity index is 2.03. The zero-order valence-electron chi connectivity index (χ0n) is 19.1. The zero-order valence-corrected chi connectivity index (χ0v) is 19.9. The molecule has 36 heavy (non-hydrogen) atoms. The molecule has 0 fully saturated rings. The number of halogens is 1. The number of hydrogen-bond donors (Lipinski definition) is 2. The van der Waals surface area contributed by atoms with Crippen molar-refractivity contribution < 1.29 is 23.5 Å². The molecule has 1 amide bonds. The van der Waals surface area contributed by atoms with Crippen LogP contribution in [0.4, 0.5) is 10.1 Å². The second-order valence-electron chi connectivity index (χ2n) is 7.57. The number of thiazole rings is 1. The fraction of sp³-hybridized carbons (Fsp3) is 0.120. The lowest BCUT2D eigenvalue weighted by molar-refractivity contribution is -0.133. The molecule has 3 aromatic rings. The molecule has 0 unspecified atom stereocenters. The van der Waals surface area contributed by atoms with Crippen molar-refractivity contribution >= 4 is 46.4 Å². The first-order valence-electron chi connectivity index (χ1n) is 10.5. The molecule has 4 rings (SSSR count). The molecular formula is C25H19FN4O5S. The Kier molecular flexibility index (Phi) is 6.71. The van der Waals surface area contributed by atoms with Gasteiger partial charge in [-0.05, 0) is 29.8 Å². The number of amides is 1. The van der Waals surface area contributed by atoms with E-state index in [1.807, 2.05) is 6.07 Å². The Morgan fingerprint density at radius 2 is 1.94 bits per heavy atom. The van der Waals surface area contributed by atoms with E-state index in [9.17, 15) is 24.0 Å². The topological polar surface area (TPSA) is 136 Å². The van der Waals surface area contributed by atoms with Crippen LogP contribution in [0.1, 0.15) is 11.5 Å². The van der Waals surface area contributed by atoms with Crippen LogP contribution in [-0.2, 0) is 14.3 Å². The molecule has 1 atom stereocenters. The Bertz CT molecular complexity index is 1630. The van der Waals surface area contributed by atoms with Gasteiger partial charge < -0.3 is 20.5 Å². The Labute approximate surface area is 207 Å². The highest BCUT2D eigenvalue weighted by atomic mass is 32.1. The van der Waals surface area contributed by atoms with Gasteiger partial charge in [-0.15, -0.1) is 11.3 Å². The van der Waals surface area contributed by atoms with Gasteiger partial charge in [0.1, 0.15) is 26.6 Å². The van der Waals surface area contributed by atoms with Gasteiger partial charge >= 0.3 is 5.97 Å². The summed E-state index contributed by atoms with van der Waals surface area (Å²) < 4.78 is 24.6. The molecule has 0 bridgehead atoms. The number of nitriles is 1. The molecule has 1 aliphatic rings. The average molecular weight is 507 g/mol. The molecule has 0 radical (unpaired) electrons. The number of nitrogens with two attached hydrogens (primary N) is 1. The molecule has 2 aromatic carbocycles. The van der Waals surface area contributed by atoms with Gasteiger partial charge in [-0.1, -0.05) is 18.2 Å². The highest BCUT2D eigenvalue weighted by molar-refractivity contribution is 7.07. The highest BCUT2D eigenvalue weighted by Gasteiger charge is 2.35. The largest absolute Gasteiger partial charge is 0.497 e. The number of benzene rings is 2. The number of hydrogen-bond acceptors (Lipinski definition) is 8. The van der Waals surface area contributed by atoms with Gasteiger partial charge in [0.15, 0.2) is 0 Å². The third kappa shape index (κ3) is 4.37. The van der Waals surface area contributed by atoms with Gasteiger partial charge in [-0.3, -0.25) is 14.2 Å². The number of anilines is 1. The predicted octanol–water partition coefficient (Wildman–Crippen LogP) is 1.25. The van der Waals surface area contributed by atoms with Gasteiger partial charge in [0, 0.05) is 17.8 Å². The lowest BCUT2D eigenvalue weighted by Crippen LogP contribution is -2.40. The maximum atomic E-state index is 13.7. The first-order valence-corrected chi connectivity index (χ1v) is 11.3. The molecule has 9 nitrogen and oxygen atoms in total. The number of fused-ring (bicyclic) bond motifs is 1. The van der Waals surface area contributed by atoms with Crippen LogP contribution in [0.15, 0.2) is 58.9 Å². The first kappa shape index (κ1) is 24.4. The summed E-state index contributed by atoms with van der Waals surface area (Å²) in [4.78, 5) is 38.7. The van der Waals surface area contributed by atoms with Crippen LogP contribution < -0.4 is 30.5 Å². The number of nitrogens with zero attached hydrogens (tertiary/aromatic N) is 2. The maximum Gasteiger partial charge on any atom is 0.332 e. The van der Waals surface area contributed by atoms with E-state index >= 15 is 0 Å². The van der Waals surface area contributed by atoms with Crippen molar-refractivity contribution in [2.45, 2.75) is 5.92 Å². The summed E-state index contributed by atoms with van der Waals surface area (Å²) in [6.07, 6.45) is 0.988. The number of methoxy groups -OCH3 is 2. The number of carbonyl (C=O) groups excluding carboxylic acids is 2. The quantitative estimate of drug-likeness (QED) is 0.497. The van der Waals surface area contributed by atoms with Crippen LogP contribution in [0, 0.1) is 17.1 Å². The Hall–Kier alpha value is -4.69. The lowest BCUT2D eigenvalue weighted by atomic mass is 9.83. The van der Waals surface area contributed by atoms with E-state index in [1.54, 1.807) is 24.3 Å². The highest BCUT2D eigenvalue weighted by Crippen LogP contribution is 2.36. The molecule has 1 aromatic heterocycles. The van der Waals surface area contributed by atoms with Crippen LogP contribution >= 0.6 is 11.3 Å². The number of nitrogens with one attached hydrogen (secondary N) is 1. The Morgan fingerprint density at radius 1 is 1.22 bits per heavy atom. The van der Waals surface area contributed by atoms with Crippen molar-refractivity contribution in [2.24, 2.45) is 5.73 Å². The Morgan fingerprint density at radius 3 is 2.58 bits per heavy atom. The summed E-state index contributed by atoms with van der Waals surface area (Å²) in [5.41, 5.74) is 6.33. The SMILES string of the molecule is COC(=O)/C=c1\sc2n(c1=O)C(N)=C(C#N)[C@@H](c1ccc(F)cc1)C=2C(=O)Nc1cccc(OC)c1. The number of aromatic nitrogens is 1. The summed E-state index contributed by atoms with van der Waals surface area (Å²) in [5.74, 6) is -2.60. The van der Waals surface area contributed by atoms with Gasteiger partial charge in [0.05, 0.1) is 37.4 Å². The molecule has 1 aliphatic heterocycles. The minimum absolute atomic E-state index is 0.0294. The third-order valence-corrected chi connectivity index (χ3v) is 6.60. The first-order chi connectivity index (χ1) is 17.3. The van der Waals surface area contributed by atoms with Gasteiger partial charge in [-0.2, -0.15) is 5.26 Å². The van der Waals surface area contributed by atoms with Crippen molar-refractivity contribution in [3.05, 3.63) is 85.0 Å². The average Bonchev–Trinajstić information content (AvgIpc) is 3.19. The van der Waals surface area contributed by atoms with E-state index in [-0.39, 0.29) is 26.2 Å². The van der Waals surface area contributed by atoms with Crippen molar-refractivity contribution in [3.63, 3.8) is 0 Å². The smallest absolute Gasteiger partial charge is 0.332 e. The second-order valence-corrected chi connectivity index (χ2v) is 8.61. The van der Waals surface area contributed by atoms with Gasteiger partial charge in [-0.25, -0.2) is 9.18 Å². The normalized spacial score (nSPS) is 15.2. The standard InChI is InChI=1S/C25H19FN4O5S/c1-34-16-5-3-4-15(10-16)29-23(32)21-20(13-6-8-14(26)9-7-13)17(12-27)22(28)30-24(33)18(36-25(21)30)11-19(31)35-2/h3-11,20H,28H2,1-2H3,(H,29,32)/b18-11-/t20-/m1/s1. The predicted molar refractivity (Wildman–Crippen MR) is 131 cm³/mol. The van der Waals surface area contributed by atoms with E-state index in [2.05, 4.69) is 10.1 Å². The van der Waals surface area contributed by atoms with Crippen LogP contribution in [0.25, 0.3) is 17.5 Å². The summed E-state index contributed by atoms with van der Waals surface area (Å²) in [6, 6.07) is 13.9. The number of rotatable bonds is 5. The fourth-order valence-corrected chi connectivity index (χ4v) is 4.96. The zero-order chi connectivity index (χ0) is 26.0. The van der Waals surface area contributed by atoms with E-state index in [4.69, 9.17) is 10.5 Å². The molecule has 3 N–H and O–H groups in total. The van der Waals surface area contributed by atoms with E-state index in [0.29, 0.717) is 17.0 Å². The third-order valence-electron chi connectivity index (χ3n) is 5.49. The van der Waals surface area contributed by atoms with Crippen molar-refractivity contribution in [1.29, 1.82) is 5.26 Å². The minimum atomic E-state index is -1.01. The van der Waals surface area contributed by atoms with Crippen molar-refractivity contribution in [1.82, 2.24) is 4.57 Å². The van der Waals surface area contributed by atoms with Crippen LogP contribution in [-0.4, -0.2) is 30.7 Å². The van der Waals surface area contributed by atoms with Crippen molar-refractivity contribution in [3.8, 4) is 11.8 Å². The summed E-state index contributed by atoms with van der Waals surface area (Å²) in [7, 11) is 2.65. The van der Waals surface area contributed by atoms with E-state index in [0.717, 1.165) is 29.1 Å². The number of carbonyl (C=O) groups is 2. The van der Waals surface area contributed by atoms with Gasteiger partial charge in [0.2, 0.25) is 0 Å².